The SMILES string of the molecule is O=C(O)CCCCN(CCc1ccccc1OCc1ccc(-c2nc3cc(OC(F)(F)F)ccc3o2)cc1)C1CCCc2nc(OC(=O)O)ccc21. The van der Waals surface area contributed by atoms with Crippen LogP contribution in [0.1, 0.15) is 60.5 Å². The molecule has 0 fully saturated rings. The van der Waals surface area contributed by atoms with Crippen LogP contribution in [0.4, 0.5) is 18.0 Å². The fourth-order valence-corrected chi connectivity index (χ4v) is 6.40. The van der Waals surface area contributed by atoms with Gasteiger partial charge < -0.3 is 28.8 Å². The number of carboxylic acid groups (broad SMARTS) is 2. The van der Waals surface area contributed by atoms with Crippen molar-refractivity contribution in [3.05, 3.63) is 101 Å². The van der Waals surface area contributed by atoms with Gasteiger partial charge in [-0.3, -0.25) is 9.69 Å². The number of hydrogen-bond acceptors (Lipinski definition) is 9. The monoisotopic (exact) mass is 719 g/mol. The Morgan fingerprint density at radius 3 is 2.52 bits per heavy atom. The number of fused-ring (bicyclic) bond motifs is 2. The van der Waals surface area contributed by atoms with Crippen molar-refractivity contribution in [3.63, 3.8) is 0 Å². The molecular weight excluding hydrogens is 683 g/mol. The number of unbranched alkanes of at least 4 members (excludes halogenated alkanes) is 1. The van der Waals surface area contributed by atoms with E-state index in [9.17, 15) is 22.8 Å². The van der Waals surface area contributed by atoms with Gasteiger partial charge in [0.2, 0.25) is 11.8 Å². The second-order valence-electron chi connectivity index (χ2n) is 12.4. The third-order valence-electron chi connectivity index (χ3n) is 8.78. The average molecular weight is 720 g/mol. The van der Waals surface area contributed by atoms with Crippen molar-refractivity contribution in [3.8, 4) is 28.8 Å². The lowest BCUT2D eigenvalue weighted by Gasteiger charge is -2.36. The van der Waals surface area contributed by atoms with Gasteiger partial charge in [0.15, 0.2) is 5.58 Å². The molecule has 2 heterocycles. The van der Waals surface area contributed by atoms with Crippen LogP contribution in [0.2, 0.25) is 0 Å². The van der Waals surface area contributed by atoms with Crippen LogP contribution >= 0.6 is 0 Å². The number of benzene rings is 3. The van der Waals surface area contributed by atoms with E-state index in [1.165, 1.54) is 18.2 Å². The Bertz CT molecular complexity index is 2020. The molecule has 0 saturated carbocycles. The summed E-state index contributed by atoms with van der Waals surface area (Å²) in [7, 11) is 0. The second kappa shape index (κ2) is 16.1. The zero-order valence-electron chi connectivity index (χ0n) is 28.0. The highest BCUT2D eigenvalue weighted by molar-refractivity contribution is 5.77. The Hall–Kier alpha value is -5.63. The predicted molar refractivity (Wildman–Crippen MR) is 182 cm³/mol. The minimum atomic E-state index is -4.81. The zero-order chi connectivity index (χ0) is 36.7. The van der Waals surface area contributed by atoms with E-state index in [0.717, 1.165) is 41.0 Å². The topological polar surface area (TPSA) is 144 Å². The molecule has 1 aliphatic rings. The van der Waals surface area contributed by atoms with Crippen molar-refractivity contribution in [2.45, 2.75) is 64.0 Å². The number of aryl methyl sites for hydroxylation is 1. The number of hydrogen-bond donors (Lipinski definition) is 2. The largest absolute Gasteiger partial charge is 0.573 e. The van der Waals surface area contributed by atoms with E-state index < -0.39 is 18.5 Å². The Labute approximate surface area is 296 Å². The summed E-state index contributed by atoms with van der Waals surface area (Å²) in [5.74, 6) is -0.169. The van der Waals surface area contributed by atoms with Crippen molar-refractivity contribution < 1.29 is 51.6 Å². The van der Waals surface area contributed by atoms with E-state index in [1.54, 1.807) is 18.2 Å². The predicted octanol–water partition coefficient (Wildman–Crippen LogP) is 8.60. The van der Waals surface area contributed by atoms with E-state index in [-0.39, 0.29) is 42.1 Å². The molecule has 3 aromatic carbocycles. The molecule has 0 spiro atoms. The Balaban J connectivity index is 1.11. The van der Waals surface area contributed by atoms with Gasteiger partial charge in [0.05, 0.1) is 0 Å². The summed E-state index contributed by atoms with van der Waals surface area (Å²) < 4.78 is 58.7. The van der Waals surface area contributed by atoms with Crippen LogP contribution in [0.3, 0.4) is 0 Å². The molecule has 0 amide bonds. The van der Waals surface area contributed by atoms with E-state index in [4.69, 9.17) is 24.1 Å². The van der Waals surface area contributed by atoms with Crippen LogP contribution in [-0.4, -0.2) is 56.7 Å². The molecule has 52 heavy (non-hydrogen) atoms. The number of carbonyl (C=O) groups is 2. The van der Waals surface area contributed by atoms with Gasteiger partial charge in [0, 0.05) is 42.4 Å². The van der Waals surface area contributed by atoms with Crippen molar-refractivity contribution in [2.75, 3.05) is 13.1 Å². The number of para-hydroxylation sites is 1. The van der Waals surface area contributed by atoms with Crippen molar-refractivity contribution in [1.82, 2.24) is 14.9 Å². The maximum Gasteiger partial charge on any atom is 0.573 e. The number of halogens is 3. The smallest absolute Gasteiger partial charge is 0.489 e. The minimum Gasteiger partial charge on any atom is -0.489 e. The van der Waals surface area contributed by atoms with E-state index in [0.29, 0.717) is 49.9 Å². The summed E-state index contributed by atoms with van der Waals surface area (Å²) in [5.41, 5.74) is 4.93. The van der Waals surface area contributed by atoms with Crippen LogP contribution in [-0.2, 0) is 24.2 Å². The van der Waals surface area contributed by atoms with Gasteiger partial charge in [0.1, 0.15) is 23.6 Å². The number of pyridine rings is 1. The third-order valence-corrected chi connectivity index (χ3v) is 8.78. The second-order valence-corrected chi connectivity index (χ2v) is 12.4. The molecular formula is C38H36F3N3O8. The molecule has 2 aromatic heterocycles. The Morgan fingerprint density at radius 1 is 0.942 bits per heavy atom. The van der Waals surface area contributed by atoms with E-state index >= 15 is 0 Å². The van der Waals surface area contributed by atoms with Crippen molar-refractivity contribution >= 4 is 23.2 Å². The summed E-state index contributed by atoms with van der Waals surface area (Å²) in [6.45, 7) is 1.64. The first kappa shape index (κ1) is 36.2. The molecule has 1 unspecified atom stereocenters. The molecule has 14 heteroatoms. The molecule has 2 N–H and O–H groups in total. The maximum absolute atomic E-state index is 12.6. The van der Waals surface area contributed by atoms with Crippen molar-refractivity contribution in [1.29, 1.82) is 0 Å². The van der Waals surface area contributed by atoms with Gasteiger partial charge in [-0.1, -0.05) is 36.4 Å². The van der Waals surface area contributed by atoms with Gasteiger partial charge in [-0.15, -0.1) is 13.2 Å². The fourth-order valence-electron chi connectivity index (χ4n) is 6.40. The van der Waals surface area contributed by atoms with E-state index in [1.807, 2.05) is 42.5 Å². The highest BCUT2D eigenvalue weighted by Crippen LogP contribution is 2.36. The molecule has 6 rings (SSSR count). The van der Waals surface area contributed by atoms with Crippen LogP contribution in [0.5, 0.6) is 17.4 Å². The lowest BCUT2D eigenvalue weighted by molar-refractivity contribution is -0.274. The number of nitrogens with zero attached hydrogens (tertiary/aromatic N) is 3. The number of aliphatic carboxylic acids is 1. The number of alkyl halides is 3. The lowest BCUT2D eigenvalue weighted by atomic mass is 9.89. The highest BCUT2D eigenvalue weighted by atomic mass is 19.4. The number of ether oxygens (including phenoxy) is 3. The van der Waals surface area contributed by atoms with Crippen LogP contribution < -0.4 is 14.2 Å². The average Bonchev–Trinajstić information content (AvgIpc) is 3.53. The molecule has 11 nitrogen and oxygen atoms in total. The normalized spacial score (nSPS) is 14.3. The first-order valence-corrected chi connectivity index (χ1v) is 16.8. The van der Waals surface area contributed by atoms with Gasteiger partial charge in [-0.05, 0) is 92.1 Å². The van der Waals surface area contributed by atoms with Crippen LogP contribution in [0.25, 0.3) is 22.6 Å². The summed E-state index contributed by atoms with van der Waals surface area (Å²) >= 11 is 0. The molecule has 0 saturated heterocycles. The first-order chi connectivity index (χ1) is 25.0. The van der Waals surface area contributed by atoms with Crippen LogP contribution in [0, 0.1) is 0 Å². The Morgan fingerprint density at radius 2 is 1.75 bits per heavy atom. The van der Waals surface area contributed by atoms with Crippen LogP contribution in [0.15, 0.2) is 83.3 Å². The van der Waals surface area contributed by atoms with Crippen molar-refractivity contribution in [2.24, 2.45) is 0 Å². The molecule has 0 aliphatic heterocycles. The van der Waals surface area contributed by atoms with Gasteiger partial charge >= 0.3 is 18.5 Å². The molecule has 272 valence electrons. The number of carboxylic acids is 1. The first-order valence-electron chi connectivity index (χ1n) is 16.8. The third kappa shape index (κ3) is 9.57. The highest BCUT2D eigenvalue weighted by Gasteiger charge is 2.31. The quantitative estimate of drug-likeness (QED) is 0.0793. The summed E-state index contributed by atoms with van der Waals surface area (Å²) in [6.07, 6.45) is -1.73. The standard InChI is InChI=1S/C38H36F3N3O8/c39-38(40,41)52-27-15-17-33-30(22-27)43-36(50-33)26-13-11-24(12-14-26)23-49-32-9-2-1-6-25(32)19-21-44(20-4-3-10-35(45)46)31-8-5-7-29-28(31)16-18-34(42-29)51-37(47)48/h1-2,6,9,11-18,22,31H,3-5,7-8,10,19-21,23H2,(H,45,46)(H,47,48). The number of aromatic nitrogens is 2. The summed E-state index contributed by atoms with van der Waals surface area (Å²) in [4.78, 5) is 33.4. The Kier molecular flexibility index (Phi) is 11.2. The molecule has 0 radical (unpaired) electrons. The molecule has 5 aromatic rings. The number of rotatable bonds is 15. The summed E-state index contributed by atoms with van der Waals surface area (Å²) in [6, 6.07) is 22.3. The van der Waals surface area contributed by atoms with E-state index in [2.05, 4.69) is 19.6 Å². The molecule has 1 atom stereocenters. The van der Waals surface area contributed by atoms with Gasteiger partial charge in [-0.25, -0.2) is 14.8 Å². The maximum atomic E-state index is 12.6. The summed E-state index contributed by atoms with van der Waals surface area (Å²) in [5, 5.41) is 18.2. The fraction of sp³-hybridized carbons (Fsp3) is 0.316. The molecule has 1 aliphatic carbocycles. The van der Waals surface area contributed by atoms with Gasteiger partial charge in [-0.2, -0.15) is 0 Å². The lowest BCUT2D eigenvalue weighted by Crippen LogP contribution is -2.34. The minimum absolute atomic E-state index is 0.0306. The van der Waals surface area contributed by atoms with Gasteiger partial charge in [0.25, 0.3) is 0 Å². The number of oxazole rings is 1. The molecule has 0 bridgehead atoms. The zero-order valence-corrected chi connectivity index (χ0v) is 28.0.